The van der Waals surface area contributed by atoms with E-state index in [1.165, 1.54) is 0 Å². The molecule has 0 aliphatic heterocycles. The van der Waals surface area contributed by atoms with E-state index in [2.05, 4.69) is 10.3 Å². The molecule has 88 valence electrons. The second kappa shape index (κ2) is 4.93. The van der Waals surface area contributed by atoms with Crippen LogP contribution in [-0.2, 0) is 6.54 Å². The van der Waals surface area contributed by atoms with Crippen molar-refractivity contribution in [2.24, 2.45) is 0 Å². The van der Waals surface area contributed by atoms with Gasteiger partial charge in [0.05, 0.1) is 5.69 Å². The first-order valence-electron chi connectivity index (χ1n) is 5.08. The van der Waals surface area contributed by atoms with E-state index in [1.54, 1.807) is 30.5 Å². The number of halogens is 1. The Morgan fingerprint density at radius 1 is 1.29 bits per heavy atom. The lowest BCUT2D eigenvalue weighted by atomic mass is 10.2. The highest BCUT2D eigenvalue weighted by atomic mass is 35.5. The maximum atomic E-state index is 9.45. The van der Waals surface area contributed by atoms with Crippen LogP contribution >= 0.6 is 11.6 Å². The minimum atomic E-state index is 0.0864. The Labute approximate surface area is 104 Å². The van der Waals surface area contributed by atoms with E-state index in [9.17, 15) is 5.11 Å². The molecule has 1 aromatic carbocycles. The van der Waals surface area contributed by atoms with Gasteiger partial charge in [0.15, 0.2) is 0 Å². The van der Waals surface area contributed by atoms with Gasteiger partial charge >= 0.3 is 0 Å². The molecule has 1 heterocycles. The molecule has 17 heavy (non-hydrogen) atoms. The molecule has 4 nitrogen and oxygen atoms in total. The molecule has 2 aromatic rings. The number of aromatic hydroxyl groups is 1. The lowest BCUT2D eigenvalue weighted by Gasteiger charge is -2.07. The fourth-order valence-corrected chi connectivity index (χ4v) is 1.55. The van der Waals surface area contributed by atoms with Crippen molar-refractivity contribution in [3.05, 3.63) is 47.1 Å². The number of aromatic nitrogens is 1. The number of nitrogens with zero attached hydrogens (tertiary/aromatic N) is 1. The van der Waals surface area contributed by atoms with E-state index in [0.717, 1.165) is 5.56 Å². The molecule has 0 spiro atoms. The number of nitrogens with one attached hydrogen (secondary N) is 1. The zero-order chi connectivity index (χ0) is 12.3. The third kappa shape index (κ3) is 3.01. The summed E-state index contributed by atoms with van der Waals surface area (Å²) in [6.45, 7) is 0.543. The van der Waals surface area contributed by atoms with E-state index < -0.39 is 0 Å². The van der Waals surface area contributed by atoms with E-state index in [1.807, 2.05) is 6.07 Å². The van der Waals surface area contributed by atoms with Gasteiger partial charge in [-0.3, -0.25) is 0 Å². The van der Waals surface area contributed by atoms with Crippen LogP contribution in [0.1, 0.15) is 5.56 Å². The second-order valence-electron chi connectivity index (χ2n) is 3.61. The average molecular weight is 250 g/mol. The summed E-state index contributed by atoms with van der Waals surface area (Å²) in [6, 6.07) is 8.57. The topological polar surface area (TPSA) is 71.2 Å². The van der Waals surface area contributed by atoms with Crippen molar-refractivity contribution in [1.29, 1.82) is 0 Å². The highest BCUT2D eigenvalue weighted by Crippen LogP contribution is 2.21. The first-order valence-corrected chi connectivity index (χ1v) is 5.46. The monoisotopic (exact) mass is 249 g/mol. The fraction of sp³-hybridized carbons (Fsp3) is 0.0833. The lowest BCUT2D eigenvalue weighted by Crippen LogP contribution is -2.01. The van der Waals surface area contributed by atoms with Crippen molar-refractivity contribution in [3.8, 4) is 5.75 Å². The van der Waals surface area contributed by atoms with Crippen molar-refractivity contribution < 1.29 is 5.11 Å². The molecule has 4 N–H and O–H groups in total. The summed E-state index contributed by atoms with van der Waals surface area (Å²) in [4.78, 5) is 4.11. The number of nitrogens with two attached hydrogens (primary N) is 1. The molecular weight excluding hydrogens is 238 g/mol. The standard InChI is InChI=1S/C12H12ClN3O/c13-9-3-4-15-12(6-9)16-7-8-1-2-10(14)11(17)5-8/h1-6,17H,7,14H2,(H,15,16). The summed E-state index contributed by atoms with van der Waals surface area (Å²) in [6.07, 6.45) is 1.63. The molecule has 0 fully saturated rings. The second-order valence-corrected chi connectivity index (χ2v) is 4.04. The molecule has 0 radical (unpaired) electrons. The van der Waals surface area contributed by atoms with Gasteiger partial charge in [-0.15, -0.1) is 0 Å². The van der Waals surface area contributed by atoms with Gasteiger partial charge in [0, 0.05) is 17.8 Å². The Bertz CT molecular complexity index is 531. The molecular formula is C12H12ClN3O. The van der Waals surface area contributed by atoms with Gasteiger partial charge in [0.25, 0.3) is 0 Å². The number of hydrogen-bond acceptors (Lipinski definition) is 4. The molecule has 1 aromatic heterocycles. The highest BCUT2D eigenvalue weighted by Gasteiger charge is 2.00. The predicted molar refractivity (Wildman–Crippen MR) is 69.1 cm³/mol. The highest BCUT2D eigenvalue weighted by molar-refractivity contribution is 6.30. The van der Waals surface area contributed by atoms with Crippen LogP contribution in [0.25, 0.3) is 0 Å². The lowest BCUT2D eigenvalue weighted by molar-refractivity contribution is 0.477. The third-order valence-electron chi connectivity index (χ3n) is 2.29. The van der Waals surface area contributed by atoms with Gasteiger partial charge in [-0.2, -0.15) is 0 Å². The molecule has 2 rings (SSSR count). The van der Waals surface area contributed by atoms with Crippen LogP contribution in [0.3, 0.4) is 0 Å². The predicted octanol–water partition coefficient (Wildman–Crippen LogP) is 2.63. The van der Waals surface area contributed by atoms with E-state index >= 15 is 0 Å². The molecule has 0 bridgehead atoms. The number of anilines is 2. The van der Waals surface area contributed by atoms with Crippen LogP contribution in [-0.4, -0.2) is 10.1 Å². The van der Waals surface area contributed by atoms with Gasteiger partial charge in [0.1, 0.15) is 11.6 Å². The van der Waals surface area contributed by atoms with Gasteiger partial charge in [-0.05, 0) is 29.8 Å². The van der Waals surface area contributed by atoms with Crippen molar-refractivity contribution in [2.75, 3.05) is 11.1 Å². The van der Waals surface area contributed by atoms with E-state index in [4.69, 9.17) is 17.3 Å². The van der Waals surface area contributed by atoms with Gasteiger partial charge in [-0.25, -0.2) is 4.98 Å². The molecule has 0 aliphatic rings. The number of phenols is 1. The third-order valence-corrected chi connectivity index (χ3v) is 2.53. The van der Waals surface area contributed by atoms with Crippen LogP contribution in [0.5, 0.6) is 5.75 Å². The molecule has 5 heteroatoms. The molecule has 0 aliphatic carbocycles. The SMILES string of the molecule is Nc1ccc(CNc2cc(Cl)ccn2)cc1O. The van der Waals surface area contributed by atoms with Crippen molar-refractivity contribution in [3.63, 3.8) is 0 Å². The largest absolute Gasteiger partial charge is 0.506 e. The van der Waals surface area contributed by atoms with Crippen molar-refractivity contribution in [1.82, 2.24) is 4.98 Å². The number of phenolic OH excluding ortho intramolecular Hbond substituents is 1. The Hall–Kier alpha value is -1.94. The number of benzene rings is 1. The zero-order valence-electron chi connectivity index (χ0n) is 9.02. The maximum Gasteiger partial charge on any atom is 0.138 e. The molecule has 0 unspecified atom stereocenters. The molecule has 0 saturated heterocycles. The summed E-state index contributed by atoms with van der Waals surface area (Å²) >= 11 is 5.84. The van der Waals surface area contributed by atoms with E-state index in [0.29, 0.717) is 23.1 Å². The van der Waals surface area contributed by atoms with Crippen LogP contribution in [0, 0.1) is 0 Å². The van der Waals surface area contributed by atoms with Crippen LogP contribution in [0.4, 0.5) is 11.5 Å². The van der Waals surface area contributed by atoms with Gasteiger partial charge < -0.3 is 16.2 Å². The number of rotatable bonds is 3. The van der Waals surface area contributed by atoms with Gasteiger partial charge in [0.2, 0.25) is 0 Å². The van der Waals surface area contributed by atoms with E-state index in [-0.39, 0.29) is 5.75 Å². The molecule has 0 atom stereocenters. The Balaban J connectivity index is 2.05. The normalized spacial score (nSPS) is 10.2. The van der Waals surface area contributed by atoms with Crippen LogP contribution < -0.4 is 11.1 Å². The summed E-state index contributed by atoms with van der Waals surface area (Å²) in [5, 5.41) is 13.2. The van der Waals surface area contributed by atoms with Crippen LogP contribution in [0.2, 0.25) is 5.02 Å². The van der Waals surface area contributed by atoms with Crippen molar-refractivity contribution in [2.45, 2.75) is 6.54 Å². The van der Waals surface area contributed by atoms with Crippen LogP contribution in [0.15, 0.2) is 36.5 Å². The summed E-state index contributed by atoms with van der Waals surface area (Å²) in [5.74, 6) is 0.775. The molecule has 0 amide bonds. The first-order chi connectivity index (χ1) is 8.15. The maximum absolute atomic E-state index is 9.45. The Morgan fingerprint density at radius 2 is 2.12 bits per heavy atom. The Morgan fingerprint density at radius 3 is 2.82 bits per heavy atom. The quantitative estimate of drug-likeness (QED) is 0.578. The fourth-order valence-electron chi connectivity index (χ4n) is 1.39. The van der Waals surface area contributed by atoms with Crippen molar-refractivity contribution >= 4 is 23.1 Å². The van der Waals surface area contributed by atoms with Gasteiger partial charge in [-0.1, -0.05) is 17.7 Å². The zero-order valence-corrected chi connectivity index (χ0v) is 9.78. The minimum Gasteiger partial charge on any atom is -0.506 e. The number of hydrogen-bond donors (Lipinski definition) is 3. The number of nitrogen functional groups attached to an aromatic ring is 1. The smallest absolute Gasteiger partial charge is 0.138 e. The summed E-state index contributed by atoms with van der Waals surface area (Å²) in [5.41, 5.74) is 6.80. The summed E-state index contributed by atoms with van der Waals surface area (Å²) < 4.78 is 0. The minimum absolute atomic E-state index is 0.0864. The summed E-state index contributed by atoms with van der Waals surface area (Å²) in [7, 11) is 0. The molecule has 0 saturated carbocycles. The first kappa shape index (κ1) is 11.5. The number of pyridine rings is 1. The Kier molecular flexibility index (Phi) is 3.35. The average Bonchev–Trinajstić information content (AvgIpc) is 2.31.